The van der Waals surface area contributed by atoms with Gasteiger partial charge in [-0.05, 0) is 43.3 Å². The van der Waals surface area contributed by atoms with Crippen LogP contribution >= 0.6 is 0 Å². The zero-order valence-corrected chi connectivity index (χ0v) is 15.2. The van der Waals surface area contributed by atoms with E-state index < -0.39 is 6.10 Å². The predicted molar refractivity (Wildman–Crippen MR) is 99.5 cm³/mol. The third-order valence-electron chi connectivity index (χ3n) is 4.07. The molecule has 6 nitrogen and oxygen atoms in total. The number of hydrogen-bond donors (Lipinski definition) is 1. The van der Waals surface area contributed by atoms with Crippen LogP contribution in [0, 0.1) is 0 Å². The Morgan fingerprint density at radius 2 is 1.74 bits per heavy atom. The van der Waals surface area contributed by atoms with E-state index in [1.165, 1.54) is 6.92 Å². The Bertz CT molecular complexity index is 790. The molecule has 6 heteroatoms. The Morgan fingerprint density at radius 1 is 1.07 bits per heavy atom. The second kappa shape index (κ2) is 9.21. The maximum absolute atomic E-state index is 11.5. The van der Waals surface area contributed by atoms with Crippen molar-refractivity contribution in [2.45, 2.75) is 26.1 Å². The van der Waals surface area contributed by atoms with Crippen molar-refractivity contribution >= 4 is 5.78 Å². The number of hydrogen-bond acceptors (Lipinski definition) is 6. The monoisotopic (exact) mass is 369 g/mol. The fraction of sp³-hybridized carbons (Fsp3) is 0.286. The van der Waals surface area contributed by atoms with Gasteiger partial charge < -0.3 is 18.7 Å². The number of benzene rings is 1. The minimum Gasteiger partial charge on any atom is -0.491 e. The van der Waals surface area contributed by atoms with Crippen LogP contribution < -0.4 is 4.74 Å². The Labute approximate surface area is 158 Å². The third kappa shape index (κ3) is 5.84. The molecule has 27 heavy (non-hydrogen) atoms. The number of nitrogens with zero attached hydrogens (tertiary/aromatic N) is 1. The van der Waals surface area contributed by atoms with Gasteiger partial charge in [-0.2, -0.15) is 0 Å². The lowest BCUT2D eigenvalue weighted by atomic mass is 10.1. The topological polar surface area (TPSA) is 76.1 Å². The molecule has 3 rings (SSSR count). The number of carbonyl (C=O) groups is 1. The molecule has 0 aliphatic carbocycles. The van der Waals surface area contributed by atoms with Crippen LogP contribution in [0.4, 0.5) is 0 Å². The molecule has 2 aromatic heterocycles. The Hall–Kier alpha value is -2.83. The second-order valence-electron chi connectivity index (χ2n) is 6.38. The summed E-state index contributed by atoms with van der Waals surface area (Å²) < 4.78 is 16.5. The van der Waals surface area contributed by atoms with Crippen molar-refractivity contribution in [1.82, 2.24) is 4.90 Å². The van der Waals surface area contributed by atoms with Crippen molar-refractivity contribution in [3.8, 4) is 5.75 Å². The maximum atomic E-state index is 11.5. The van der Waals surface area contributed by atoms with Gasteiger partial charge >= 0.3 is 0 Å². The SMILES string of the molecule is CC(=O)c1cccc(OCC(O)CN(Cc2ccco2)Cc2ccco2)c1. The quantitative estimate of drug-likeness (QED) is 0.551. The van der Waals surface area contributed by atoms with E-state index in [0.29, 0.717) is 30.9 Å². The van der Waals surface area contributed by atoms with Gasteiger partial charge in [0.1, 0.15) is 30.0 Å². The highest BCUT2D eigenvalue weighted by Gasteiger charge is 2.16. The van der Waals surface area contributed by atoms with Gasteiger partial charge in [0.05, 0.1) is 25.6 Å². The summed E-state index contributed by atoms with van der Waals surface area (Å²) in [7, 11) is 0. The molecule has 0 saturated heterocycles. The highest BCUT2D eigenvalue weighted by molar-refractivity contribution is 5.94. The van der Waals surface area contributed by atoms with Crippen molar-refractivity contribution in [3.63, 3.8) is 0 Å². The minimum absolute atomic E-state index is 0.0240. The second-order valence-corrected chi connectivity index (χ2v) is 6.38. The summed E-state index contributed by atoms with van der Waals surface area (Å²) in [5.74, 6) is 2.15. The first-order chi connectivity index (χ1) is 13.1. The number of ether oxygens (including phenoxy) is 1. The number of carbonyl (C=O) groups excluding carboxylic acids is 1. The van der Waals surface area contributed by atoms with Crippen LogP contribution in [0.3, 0.4) is 0 Å². The first-order valence-corrected chi connectivity index (χ1v) is 8.79. The van der Waals surface area contributed by atoms with Crippen LogP contribution in [-0.4, -0.2) is 35.0 Å². The van der Waals surface area contributed by atoms with E-state index in [9.17, 15) is 9.90 Å². The van der Waals surface area contributed by atoms with Crippen LogP contribution in [0.2, 0.25) is 0 Å². The third-order valence-corrected chi connectivity index (χ3v) is 4.07. The number of ketones is 1. The summed E-state index contributed by atoms with van der Waals surface area (Å²) in [4.78, 5) is 13.5. The van der Waals surface area contributed by atoms with Gasteiger partial charge in [0.2, 0.25) is 0 Å². The molecule has 1 unspecified atom stereocenters. The normalized spacial score (nSPS) is 12.3. The molecule has 0 radical (unpaired) electrons. The molecule has 0 saturated carbocycles. The summed E-state index contributed by atoms with van der Waals surface area (Å²) in [6.45, 7) is 3.10. The number of aliphatic hydroxyl groups excluding tert-OH is 1. The highest BCUT2D eigenvalue weighted by Crippen LogP contribution is 2.15. The van der Waals surface area contributed by atoms with Crippen LogP contribution in [0.5, 0.6) is 5.75 Å². The predicted octanol–water partition coefficient (Wildman–Crippen LogP) is 3.52. The average molecular weight is 369 g/mol. The summed E-state index contributed by atoms with van der Waals surface area (Å²) in [6, 6.07) is 14.4. The minimum atomic E-state index is -0.712. The van der Waals surface area contributed by atoms with E-state index in [1.54, 1.807) is 36.8 Å². The van der Waals surface area contributed by atoms with Gasteiger partial charge in [0, 0.05) is 12.1 Å². The zero-order valence-electron chi connectivity index (χ0n) is 15.2. The van der Waals surface area contributed by atoms with Gasteiger partial charge in [-0.25, -0.2) is 0 Å². The molecule has 142 valence electrons. The van der Waals surface area contributed by atoms with Crippen molar-refractivity contribution in [3.05, 3.63) is 78.1 Å². The lowest BCUT2D eigenvalue weighted by Gasteiger charge is -2.23. The molecular weight excluding hydrogens is 346 g/mol. The lowest BCUT2D eigenvalue weighted by molar-refractivity contribution is 0.0580. The smallest absolute Gasteiger partial charge is 0.159 e. The number of aliphatic hydroxyl groups is 1. The van der Waals surface area contributed by atoms with E-state index >= 15 is 0 Å². The van der Waals surface area contributed by atoms with E-state index in [2.05, 4.69) is 0 Å². The molecule has 1 N–H and O–H groups in total. The Morgan fingerprint density at radius 3 is 2.30 bits per heavy atom. The van der Waals surface area contributed by atoms with E-state index in [1.807, 2.05) is 29.2 Å². The fourth-order valence-corrected chi connectivity index (χ4v) is 2.78. The lowest BCUT2D eigenvalue weighted by Crippen LogP contribution is -2.34. The van der Waals surface area contributed by atoms with E-state index in [0.717, 1.165) is 11.5 Å². The zero-order chi connectivity index (χ0) is 19.1. The van der Waals surface area contributed by atoms with Crippen molar-refractivity contribution in [1.29, 1.82) is 0 Å². The Kier molecular flexibility index (Phi) is 6.46. The average Bonchev–Trinajstić information content (AvgIpc) is 3.34. The van der Waals surface area contributed by atoms with Crippen LogP contribution in [-0.2, 0) is 13.1 Å². The summed E-state index contributed by atoms with van der Waals surface area (Å²) in [5, 5.41) is 10.4. The van der Waals surface area contributed by atoms with Gasteiger partial charge in [0.25, 0.3) is 0 Å². The van der Waals surface area contributed by atoms with Crippen molar-refractivity contribution in [2.24, 2.45) is 0 Å². The molecule has 0 bridgehead atoms. The van der Waals surface area contributed by atoms with Gasteiger partial charge in [-0.3, -0.25) is 9.69 Å². The first kappa shape index (κ1) is 18.9. The molecule has 2 heterocycles. The molecule has 0 aliphatic rings. The van der Waals surface area contributed by atoms with Crippen LogP contribution in [0.25, 0.3) is 0 Å². The highest BCUT2D eigenvalue weighted by atomic mass is 16.5. The standard InChI is InChI=1S/C21H23NO5/c1-16(23)17-5-2-6-19(11-17)27-15-18(24)12-22(13-20-7-3-9-25-20)14-21-8-4-10-26-21/h2-11,18,24H,12-15H2,1H3. The summed E-state index contributed by atoms with van der Waals surface area (Å²) in [6.07, 6.45) is 2.54. The molecule has 0 aliphatic heterocycles. The molecule has 1 atom stereocenters. The summed E-state index contributed by atoms with van der Waals surface area (Å²) >= 11 is 0. The number of Topliss-reactive ketones (excluding diaryl/α,β-unsaturated/α-hetero) is 1. The van der Waals surface area contributed by atoms with Crippen LogP contribution in [0.15, 0.2) is 69.9 Å². The molecule has 0 fully saturated rings. The van der Waals surface area contributed by atoms with Gasteiger partial charge in [-0.15, -0.1) is 0 Å². The largest absolute Gasteiger partial charge is 0.491 e. The molecule has 0 spiro atoms. The van der Waals surface area contributed by atoms with E-state index in [4.69, 9.17) is 13.6 Å². The number of rotatable bonds is 10. The fourth-order valence-electron chi connectivity index (χ4n) is 2.78. The summed E-state index contributed by atoms with van der Waals surface area (Å²) in [5.41, 5.74) is 0.583. The van der Waals surface area contributed by atoms with Crippen molar-refractivity contribution in [2.75, 3.05) is 13.2 Å². The van der Waals surface area contributed by atoms with Gasteiger partial charge in [0.15, 0.2) is 5.78 Å². The first-order valence-electron chi connectivity index (χ1n) is 8.79. The van der Waals surface area contributed by atoms with Gasteiger partial charge in [-0.1, -0.05) is 12.1 Å². The van der Waals surface area contributed by atoms with Crippen molar-refractivity contribution < 1.29 is 23.5 Å². The Balaban J connectivity index is 1.57. The number of furan rings is 2. The van der Waals surface area contributed by atoms with E-state index in [-0.39, 0.29) is 12.4 Å². The molecule has 3 aromatic rings. The molecule has 1 aromatic carbocycles. The maximum Gasteiger partial charge on any atom is 0.159 e. The molecule has 0 amide bonds. The molecular formula is C21H23NO5. The van der Waals surface area contributed by atoms with Crippen LogP contribution in [0.1, 0.15) is 28.8 Å².